The fraction of sp³-hybridized carbons (Fsp3) is 0.917. The van der Waals surface area contributed by atoms with Gasteiger partial charge in [-0.15, -0.1) is 0 Å². The number of halogens is 2. The Bertz CT molecular complexity index is 188. The van der Waals surface area contributed by atoms with Crippen molar-refractivity contribution in [1.29, 1.82) is 0 Å². The van der Waals surface area contributed by atoms with Crippen LogP contribution in [0.3, 0.4) is 0 Å². The first-order chi connectivity index (χ1) is 7.61. The van der Waals surface area contributed by atoms with Crippen LogP contribution in [-0.2, 0) is 9.53 Å². The van der Waals surface area contributed by atoms with Crippen molar-refractivity contribution in [3.63, 3.8) is 0 Å². The summed E-state index contributed by atoms with van der Waals surface area (Å²) in [6.07, 6.45) is 4.59. The van der Waals surface area contributed by atoms with E-state index >= 15 is 0 Å². The van der Waals surface area contributed by atoms with Gasteiger partial charge in [0.15, 0.2) is 6.17 Å². The van der Waals surface area contributed by atoms with E-state index in [1.165, 1.54) is 19.3 Å². The van der Waals surface area contributed by atoms with E-state index in [0.717, 1.165) is 12.8 Å². The second kappa shape index (κ2) is 10.3. The summed E-state index contributed by atoms with van der Waals surface area (Å²) in [6, 6.07) is 0. The van der Waals surface area contributed by atoms with Crippen LogP contribution in [0.4, 0.5) is 4.39 Å². The summed E-state index contributed by atoms with van der Waals surface area (Å²) < 4.78 is 18.2. The highest BCUT2D eigenvalue weighted by Gasteiger charge is 2.21. The Kier molecular flexibility index (Phi) is 10.4. The fourth-order valence-electron chi connectivity index (χ4n) is 1.46. The van der Waals surface area contributed by atoms with Gasteiger partial charge in [-0.05, 0) is 13.3 Å². The number of ether oxygens (including phenoxy) is 1. The third-order valence-electron chi connectivity index (χ3n) is 2.38. The van der Waals surface area contributed by atoms with E-state index in [1.807, 2.05) is 0 Å². The van der Waals surface area contributed by atoms with Crippen molar-refractivity contribution < 1.29 is 13.9 Å². The lowest BCUT2D eigenvalue weighted by Gasteiger charge is -2.12. The molecule has 0 saturated heterocycles. The van der Waals surface area contributed by atoms with Crippen molar-refractivity contribution in [3.05, 3.63) is 0 Å². The van der Waals surface area contributed by atoms with Gasteiger partial charge in [-0.25, -0.2) is 9.18 Å². The molecule has 0 amide bonds. The maximum Gasteiger partial charge on any atom is 0.340 e. The fourth-order valence-corrected chi connectivity index (χ4v) is 2.35. The third kappa shape index (κ3) is 8.30. The number of unbranched alkanes of at least 4 members (excludes halogenated alkanes) is 3. The average molecular weight is 344 g/mol. The predicted molar refractivity (Wildman–Crippen MR) is 72.7 cm³/mol. The number of carbonyl (C=O) groups excluding carboxylic acids is 1. The minimum Gasteiger partial charge on any atom is -0.464 e. The summed E-state index contributed by atoms with van der Waals surface area (Å²) in [4.78, 5) is 11.1. The summed E-state index contributed by atoms with van der Waals surface area (Å²) in [6.45, 7) is 4.11. The number of hydrogen-bond acceptors (Lipinski definition) is 2. The van der Waals surface area contributed by atoms with Crippen molar-refractivity contribution in [1.82, 2.24) is 0 Å². The molecule has 0 aromatic heterocycles. The van der Waals surface area contributed by atoms with Crippen LogP contribution in [0.1, 0.15) is 52.4 Å². The molecular weight excluding hydrogens is 322 g/mol. The van der Waals surface area contributed by atoms with E-state index in [2.05, 4.69) is 34.3 Å². The minimum atomic E-state index is -1.45. The Morgan fingerprint density at radius 2 is 2.00 bits per heavy atom. The molecule has 0 aliphatic heterocycles. The molecule has 0 spiro atoms. The van der Waals surface area contributed by atoms with Crippen LogP contribution in [0.25, 0.3) is 0 Å². The summed E-state index contributed by atoms with van der Waals surface area (Å²) in [5.74, 6) is -0.710. The first kappa shape index (κ1) is 16.1. The van der Waals surface area contributed by atoms with Crippen molar-refractivity contribution in [2.45, 2.75) is 62.5 Å². The van der Waals surface area contributed by atoms with Gasteiger partial charge in [0.2, 0.25) is 0 Å². The molecule has 2 atom stereocenters. The normalized spacial score (nSPS) is 14.5. The van der Waals surface area contributed by atoms with Crippen LogP contribution >= 0.6 is 22.6 Å². The van der Waals surface area contributed by atoms with Crippen LogP contribution in [0.5, 0.6) is 0 Å². The average Bonchev–Trinajstić information content (AvgIpc) is 2.24. The van der Waals surface area contributed by atoms with Crippen molar-refractivity contribution >= 4 is 28.6 Å². The molecule has 4 heteroatoms. The zero-order valence-corrected chi connectivity index (χ0v) is 12.3. The molecule has 0 saturated carbocycles. The monoisotopic (exact) mass is 344 g/mol. The summed E-state index contributed by atoms with van der Waals surface area (Å²) in [5, 5.41) is 0. The van der Waals surface area contributed by atoms with Gasteiger partial charge >= 0.3 is 5.97 Å². The Morgan fingerprint density at radius 1 is 1.31 bits per heavy atom. The van der Waals surface area contributed by atoms with Gasteiger partial charge in [0.05, 0.1) is 6.61 Å². The molecule has 0 aliphatic carbocycles. The maximum atomic E-state index is 13.3. The van der Waals surface area contributed by atoms with Crippen LogP contribution in [0.2, 0.25) is 0 Å². The SMILES string of the molecule is CCCCCCC(I)CC(F)C(=O)OCC. The second-order valence-corrected chi connectivity index (χ2v) is 5.66. The molecule has 0 aromatic carbocycles. The number of alkyl halides is 2. The lowest BCUT2D eigenvalue weighted by Crippen LogP contribution is -2.22. The molecule has 0 fully saturated rings. The van der Waals surface area contributed by atoms with Gasteiger partial charge in [0, 0.05) is 10.3 Å². The van der Waals surface area contributed by atoms with E-state index in [9.17, 15) is 9.18 Å². The van der Waals surface area contributed by atoms with Gasteiger partial charge in [0.25, 0.3) is 0 Å². The quantitative estimate of drug-likeness (QED) is 0.273. The molecule has 2 unspecified atom stereocenters. The molecule has 0 rings (SSSR count). The topological polar surface area (TPSA) is 26.3 Å². The summed E-state index contributed by atoms with van der Waals surface area (Å²) in [5.41, 5.74) is 0. The van der Waals surface area contributed by atoms with Crippen LogP contribution in [-0.4, -0.2) is 22.7 Å². The van der Waals surface area contributed by atoms with E-state index in [0.29, 0.717) is 0 Å². The Balaban J connectivity index is 3.60. The first-order valence-electron chi connectivity index (χ1n) is 6.06. The second-order valence-electron chi connectivity index (χ2n) is 3.90. The largest absolute Gasteiger partial charge is 0.464 e. The Labute approximate surface area is 111 Å². The number of rotatable bonds is 9. The molecule has 16 heavy (non-hydrogen) atoms. The van der Waals surface area contributed by atoms with Crippen LogP contribution in [0.15, 0.2) is 0 Å². The minimum absolute atomic E-state index is 0.230. The molecule has 0 aliphatic rings. The van der Waals surface area contributed by atoms with Crippen molar-refractivity contribution in [3.8, 4) is 0 Å². The number of hydrogen-bond donors (Lipinski definition) is 0. The van der Waals surface area contributed by atoms with Gasteiger partial charge in [-0.2, -0.15) is 0 Å². The van der Waals surface area contributed by atoms with Gasteiger partial charge in [0.1, 0.15) is 0 Å². The lowest BCUT2D eigenvalue weighted by molar-refractivity contribution is -0.149. The Hall–Kier alpha value is 0.130. The lowest BCUT2D eigenvalue weighted by atomic mass is 10.1. The molecule has 0 aromatic rings. The number of esters is 1. The van der Waals surface area contributed by atoms with Gasteiger partial charge < -0.3 is 4.74 Å². The summed E-state index contributed by atoms with van der Waals surface area (Å²) in [7, 11) is 0. The standard InChI is InChI=1S/C12H22FIO2/c1-3-5-6-7-8-10(14)9-11(13)12(15)16-4-2/h10-11H,3-9H2,1-2H3. The molecule has 0 radical (unpaired) electrons. The van der Waals surface area contributed by atoms with E-state index < -0.39 is 12.1 Å². The highest BCUT2D eigenvalue weighted by molar-refractivity contribution is 14.1. The highest BCUT2D eigenvalue weighted by Crippen LogP contribution is 2.19. The Morgan fingerprint density at radius 3 is 2.56 bits per heavy atom. The predicted octanol–water partition coefficient (Wildman–Crippen LogP) is 4.05. The zero-order chi connectivity index (χ0) is 12.4. The van der Waals surface area contributed by atoms with Crippen LogP contribution in [0, 0.1) is 0 Å². The van der Waals surface area contributed by atoms with Crippen LogP contribution < -0.4 is 0 Å². The van der Waals surface area contributed by atoms with E-state index in [4.69, 9.17) is 0 Å². The van der Waals surface area contributed by atoms with Crippen molar-refractivity contribution in [2.75, 3.05) is 6.61 Å². The molecule has 0 N–H and O–H groups in total. The smallest absolute Gasteiger partial charge is 0.340 e. The third-order valence-corrected chi connectivity index (χ3v) is 3.51. The summed E-state index contributed by atoms with van der Waals surface area (Å²) >= 11 is 2.22. The zero-order valence-electron chi connectivity index (χ0n) is 10.2. The molecule has 0 bridgehead atoms. The molecule has 2 nitrogen and oxygen atoms in total. The maximum absolute atomic E-state index is 13.3. The van der Waals surface area contributed by atoms with Gasteiger partial charge in [-0.1, -0.05) is 55.2 Å². The molecule has 0 heterocycles. The van der Waals surface area contributed by atoms with Gasteiger partial charge in [-0.3, -0.25) is 0 Å². The van der Waals surface area contributed by atoms with Crippen molar-refractivity contribution in [2.24, 2.45) is 0 Å². The highest BCUT2D eigenvalue weighted by atomic mass is 127. The first-order valence-corrected chi connectivity index (χ1v) is 7.31. The van der Waals surface area contributed by atoms with E-state index in [-0.39, 0.29) is 17.0 Å². The van der Waals surface area contributed by atoms with E-state index in [1.54, 1.807) is 6.92 Å². The number of carbonyl (C=O) groups is 1. The molecular formula is C12H22FIO2. The molecule has 96 valence electrons.